The summed E-state index contributed by atoms with van der Waals surface area (Å²) in [5.74, 6) is 2.31. The third-order valence-corrected chi connectivity index (χ3v) is 3.99. The Labute approximate surface area is 76.3 Å². The zero-order valence-electron chi connectivity index (χ0n) is 7.09. The minimum absolute atomic E-state index is 0.0121. The van der Waals surface area contributed by atoms with E-state index in [1.165, 1.54) is 0 Å². The molecule has 2 fully saturated rings. The van der Waals surface area contributed by atoms with Crippen LogP contribution < -0.4 is 0 Å². The van der Waals surface area contributed by atoms with E-state index in [2.05, 4.69) is 24.3 Å². The van der Waals surface area contributed by atoms with Crippen LogP contribution in [0.5, 0.6) is 0 Å². The van der Waals surface area contributed by atoms with Crippen molar-refractivity contribution in [3.05, 3.63) is 24.3 Å². The molecule has 0 unspecified atom stereocenters. The van der Waals surface area contributed by atoms with Gasteiger partial charge in [0.15, 0.2) is 0 Å². The van der Waals surface area contributed by atoms with Crippen molar-refractivity contribution in [3.8, 4) is 0 Å². The fourth-order valence-corrected chi connectivity index (χ4v) is 3.26. The second-order valence-corrected chi connectivity index (χ2v) is 4.51. The quantitative estimate of drug-likeness (QED) is 0.406. The minimum Gasteiger partial charge on any atom is -0.461 e. The lowest BCUT2D eigenvalue weighted by Gasteiger charge is -2.18. The van der Waals surface area contributed by atoms with Gasteiger partial charge in [0.05, 0.1) is 5.92 Å². The Morgan fingerprint density at radius 3 is 2.54 bits per heavy atom. The predicted octanol–water partition coefficient (Wildman–Crippen LogP) is 1.15. The third-order valence-electron chi connectivity index (χ3n) is 3.99. The van der Waals surface area contributed by atoms with Crippen LogP contribution in [0.1, 0.15) is 0 Å². The van der Waals surface area contributed by atoms with Crippen molar-refractivity contribution in [1.29, 1.82) is 0 Å². The molecule has 0 aromatic carbocycles. The van der Waals surface area contributed by atoms with Crippen LogP contribution in [-0.2, 0) is 9.53 Å². The molecule has 6 atom stereocenters. The zero-order valence-corrected chi connectivity index (χ0v) is 7.09. The van der Waals surface area contributed by atoms with Crippen LogP contribution >= 0.6 is 0 Å². The van der Waals surface area contributed by atoms with E-state index in [0.29, 0.717) is 23.7 Å². The summed E-state index contributed by atoms with van der Waals surface area (Å²) < 4.78 is 5.41. The van der Waals surface area contributed by atoms with E-state index in [0.717, 1.165) is 0 Å². The lowest BCUT2D eigenvalue weighted by atomic mass is 9.85. The maximum absolute atomic E-state index is 11.5. The molecule has 1 saturated carbocycles. The number of allylic oxidation sites excluding steroid dienone is 2. The van der Waals surface area contributed by atoms with Crippen LogP contribution in [0.25, 0.3) is 0 Å². The molecule has 0 aromatic rings. The Morgan fingerprint density at radius 1 is 1.00 bits per heavy atom. The summed E-state index contributed by atoms with van der Waals surface area (Å²) in [7, 11) is 0. The van der Waals surface area contributed by atoms with Gasteiger partial charge in [-0.1, -0.05) is 24.3 Å². The number of ether oxygens (including phenoxy) is 1. The van der Waals surface area contributed by atoms with Gasteiger partial charge in [-0.15, -0.1) is 0 Å². The number of carbonyl (C=O) groups excluding carboxylic acids is 1. The molecule has 2 heteroatoms. The molecule has 0 N–H and O–H groups in total. The highest BCUT2D eigenvalue weighted by atomic mass is 16.6. The van der Waals surface area contributed by atoms with Crippen molar-refractivity contribution in [3.63, 3.8) is 0 Å². The summed E-state index contributed by atoms with van der Waals surface area (Å²) >= 11 is 0. The zero-order chi connectivity index (χ0) is 8.58. The molecular formula is C11H10O2. The maximum Gasteiger partial charge on any atom is 0.313 e. The first-order chi connectivity index (χ1) is 6.36. The van der Waals surface area contributed by atoms with Crippen molar-refractivity contribution in [2.24, 2.45) is 29.6 Å². The van der Waals surface area contributed by atoms with Crippen LogP contribution in [0, 0.1) is 29.6 Å². The monoisotopic (exact) mass is 174 g/mol. The standard InChI is InChI=1S/C11H10O2/c12-11-8-4-2-6-5-1-3-7(8)10(13-11)9(5)6/h1-10H/t5-,6-,7+,8-,9+,10+/m1/s1. The summed E-state index contributed by atoms with van der Waals surface area (Å²) in [4.78, 5) is 11.5. The third kappa shape index (κ3) is 0.578. The van der Waals surface area contributed by atoms with Gasteiger partial charge in [-0.2, -0.15) is 0 Å². The van der Waals surface area contributed by atoms with Gasteiger partial charge < -0.3 is 4.74 Å². The summed E-state index contributed by atoms with van der Waals surface area (Å²) in [6.07, 6.45) is 8.99. The molecule has 1 saturated heterocycles. The van der Waals surface area contributed by atoms with Crippen LogP contribution in [0.4, 0.5) is 0 Å². The number of rotatable bonds is 0. The topological polar surface area (TPSA) is 26.3 Å². The molecule has 4 bridgehead atoms. The van der Waals surface area contributed by atoms with Crippen LogP contribution in [0.15, 0.2) is 24.3 Å². The second kappa shape index (κ2) is 1.74. The first-order valence-corrected chi connectivity index (χ1v) is 4.93. The highest BCUT2D eigenvalue weighted by Gasteiger charge is 2.62. The lowest BCUT2D eigenvalue weighted by Crippen LogP contribution is -2.22. The fourth-order valence-electron chi connectivity index (χ4n) is 3.26. The van der Waals surface area contributed by atoms with Crippen LogP contribution in [-0.4, -0.2) is 12.1 Å². The summed E-state index contributed by atoms with van der Waals surface area (Å²) in [6, 6.07) is 0. The Morgan fingerprint density at radius 2 is 1.69 bits per heavy atom. The van der Waals surface area contributed by atoms with E-state index in [9.17, 15) is 4.79 Å². The fraction of sp³-hybridized carbons (Fsp3) is 0.545. The van der Waals surface area contributed by atoms with E-state index < -0.39 is 0 Å². The molecule has 0 radical (unpaired) electrons. The van der Waals surface area contributed by atoms with E-state index in [1.54, 1.807) is 0 Å². The van der Waals surface area contributed by atoms with Crippen molar-refractivity contribution >= 4 is 5.97 Å². The largest absolute Gasteiger partial charge is 0.461 e. The number of fused-ring (bicyclic) bond motifs is 1. The lowest BCUT2D eigenvalue weighted by molar-refractivity contribution is -0.144. The molecule has 1 aliphatic heterocycles. The predicted molar refractivity (Wildman–Crippen MR) is 45.6 cm³/mol. The highest BCUT2D eigenvalue weighted by Crippen LogP contribution is 2.60. The molecule has 1 heterocycles. The van der Waals surface area contributed by atoms with Crippen molar-refractivity contribution in [2.75, 3.05) is 0 Å². The van der Waals surface area contributed by atoms with Gasteiger partial charge in [-0.3, -0.25) is 4.79 Å². The molecule has 66 valence electrons. The van der Waals surface area contributed by atoms with Gasteiger partial charge in [0, 0.05) is 11.8 Å². The molecule has 0 aromatic heterocycles. The van der Waals surface area contributed by atoms with Gasteiger partial charge >= 0.3 is 5.97 Å². The van der Waals surface area contributed by atoms with Crippen LogP contribution in [0.3, 0.4) is 0 Å². The Hall–Kier alpha value is -1.05. The number of esters is 1. The Balaban J connectivity index is 1.93. The minimum atomic E-state index is -0.0121. The Bertz CT molecular complexity index is 355. The normalized spacial score (nSPS) is 58.9. The molecule has 0 spiro atoms. The number of hydrogen-bond acceptors (Lipinski definition) is 2. The molecule has 3 aliphatic carbocycles. The highest BCUT2D eigenvalue weighted by molar-refractivity contribution is 5.78. The summed E-state index contributed by atoms with van der Waals surface area (Å²) in [6.45, 7) is 0. The van der Waals surface area contributed by atoms with E-state index in [1.807, 2.05) is 0 Å². The maximum atomic E-state index is 11.5. The van der Waals surface area contributed by atoms with Gasteiger partial charge in [0.25, 0.3) is 0 Å². The van der Waals surface area contributed by atoms with E-state index >= 15 is 0 Å². The van der Waals surface area contributed by atoms with Gasteiger partial charge in [0.1, 0.15) is 6.10 Å². The molecular weight excluding hydrogens is 164 g/mol. The molecule has 13 heavy (non-hydrogen) atoms. The Kier molecular flexibility index (Phi) is 0.859. The SMILES string of the molecule is O=C1O[C@H]2[C@H]3C=C[C@@H]4[C@@H](C=C[C@@H]13)[C@H]42. The van der Waals surface area contributed by atoms with Gasteiger partial charge in [-0.05, 0) is 11.8 Å². The van der Waals surface area contributed by atoms with Crippen molar-refractivity contribution < 1.29 is 9.53 Å². The number of carbonyl (C=O) groups is 1. The van der Waals surface area contributed by atoms with E-state index in [-0.39, 0.29) is 18.0 Å². The van der Waals surface area contributed by atoms with E-state index in [4.69, 9.17) is 4.74 Å². The molecule has 0 amide bonds. The molecule has 2 nitrogen and oxygen atoms in total. The average molecular weight is 174 g/mol. The summed E-state index contributed by atoms with van der Waals surface area (Å²) in [5, 5.41) is 0. The van der Waals surface area contributed by atoms with Gasteiger partial charge in [0.2, 0.25) is 0 Å². The molecule has 4 rings (SSSR count). The van der Waals surface area contributed by atoms with Gasteiger partial charge in [-0.25, -0.2) is 0 Å². The first kappa shape index (κ1) is 6.41. The van der Waals surface area contributed by atoms with Crippen molar-refractivity contribution in [2.45, 2.75) is 6.10 Å². The first-order valence-electron chi connectivity index (χ1n) is 4.93. The summed E-state index contributed by atoms with van der Waals surface area (Å²) in [5.41, 5.74) is 0. The number of hydrogen-bond donors (Lipinski definition) is 0. The van der Waals surface area contributed by atoms with Crippen molar-refractivity contribution in [1.82, 2.24) is 0 Å². The smallest absolute Gasteiger partial charge is 0.313 e. The average Bonchev–Trinajstić information content (AvgIpc) is 2.68. The second-order valence-electron chi connectivity index (χ2n) is 4.51. The molecule has 4 aliphatic rings. The van der Waals surface area contributed by atoms with Crippen LogP contribution in [0.2, 0.25) is 0 Å².